The fourth-order valence-corrected chi connectivity index (χ4v) is 1.38. The molecule has 1 amide bonds. The van der Waals surface area contributed by atoms with Gasteiger partial charge in [0, 0.05) is 14.1 Å². The van der Waals surface area contributed by atoms with Gasteiger partial charge in [-0.05, 0) is 12.1 Å². The highest BCUT2D eigenvalue weighted by Crippen LogP contribution is 2.27. The second kappa shape index (κ2) is 4.07. The minimum absolute atomic E-state index is 0.197. The molecule has 1 aromatic rings. The van der Waals surface area contributed by atoms with Crippen molar-refractivity contribution in [3.8, 4) is 0 Å². The van der Waals surface area contributed by atoms with Gasteiger partial charge in [-0.3, -0.25) is 4.79 Å². The van der Waals surface area contributed by atoms with E-state index in [1.54, 1.807) is 14.1 Å². The van der Waals surface area contributed by atoms with Crippen LogP contribution in [-0.2, 0) is 0 Å². The number of carbonyl (C=O) groups excluding carboxylic acids is 1. The Labute approximate surface area is 92.4 Å². The van der Waals surface area contributed by atoms with Crippen LogP contribution in [0.4, 0.5) is 5.69 Å². The molecule has 2 N–H and O–H groups in total. The van der Waals surface area contributed by atoms with Crippen molar-refractivity contribution in [3.05, 3.63) is 27.7 Å². The van der Waals surface area contributed by atoms with Crippen LogP contribution in [0.5, 0.6) is 0 Å². The van der Waals surface area contributed by atoms with Gasteiger partial charge >= 0.3 is 0 Å². The Morgan fingerprint density at radius 3 is 2.36 bits per heavy atom. The maximum atomic E-state index is 11.6. The maximum Gasteiger partial charge on any atom is 0.254 e. The largest absolute Gasteiger partial charge is 0.397 e. The number of benzene rings is 1. The lowest BCUT2D eigenvalue weighted by Gasteiger charge is -2.12. The molecule has 3 nitrogen and oxygen atoms in total. The Hall–Kier alpha value is -0.930. The molecule has 0 heterocycles. The topological polar surface area (TPSA) is 46.3 Å². The van der Waals surface area contributed by atoms with E-state index >= 15 is 0 Å². The van der Waals surface area contributed by atoms with Crippen LogP contribution in [0.25, 0.3) is 0 Å². The predicted octanol–water partition coefficient (Wildman–Crippen LogP) is 2.28. The lowest BCUT2D eigenvalue weighted by Crippen LogP contribution is -2.22. The minimum atomic E-state index is -0.197. The Morgan fingerprint density at radius 1 is 1.29 bits per heavy atom. The lowest BCUT2D eigenvalue weighted by atomic mass is 10.2. The zero-order valence-electron chi connectivity index (χ0n) is 7.84. The van der Waals surface area contributed by atoms with E-state index in [1.807, 2.05) is 0 Å². The molecule has 0 atom stereocenters. The van der Waals surface area contributed by atoms with Crippen LogP contribution in [0.3, 0.4) is 0 Å². The molecule has 76 valence electrons. The Balaban J connectivity index is 3.22. The summed E-state index contributed by atoms with van der Waals surface area (Å²) in [6.45, 7) is 0. The molecule has 0 radical (unpaired) electrons. The van der Waals surface area contributed by atoms with E-state index in [1.165, 1.54) is 17.0 Å². The first kappa shape index (κ1) is 11.1. The Kier molecular flexibility index (Phi) is 3.24. The summed E-state index contributed by atoms with van der Waals surface area (Å²) >= 11 is 11.6. The molecule has 0 saturated carbocycles. The van der Waals surface area contributed by atoms with Gasteiger partial charge < -0.3 is 10.6 Å². The fourth-order valence-electron chi connectivity index (χ4n) is 0.967. The van der Waals surface area contributed by atoms with Crippen molar-refractivity contribution in [2.24, 2.45) is 0 Å². The summed E-state index contributed by atoms with van der Waals surface area (Å²) in [5.41, 5.74) is 6.25. The average Bonchev–Trinajstić information content (AvgIpc) is 2.10. The summed E-state index contributed by atoms with van der Waals surface area (Å²) in [5.74, 6) is -0.197. The number of nitrogen functional groups attached to an aromatic ring is 1. The highest BCUT2D eigenvalue weighted by molar-refractivity contribution is 6.37. The minimum Gasteiger partial charge on any atom is -0.397 e. The van der Waals surface area contributed by atoms with Crippen LogP contribution >= 0.6 is 23.2 Å². The highest BCUT2D eigenvalue weighted by Gasteiger charge is 2.14. The molecule has 0 fully saturated rings. The quantitative estimate of drug-likeness (QED) is 0.756. The third kappa shape index (κ3) is 2.11. The Bertz CT molecular complexity index is 377. The van der Waals surface area contributed by atoms with Crippen molar-refractivity contribution in [1.29, 1.82) is 0 Å². The van der Waals surface area contributed by atoms with E-state index in [4.69, 9.17) is 28.9 Å². The Morgan fingerprint density at radius 2 is 1.86 bits per heavy atom. The molecule has 14 heavy (non-hydrogen) atoms. The van der Waals surface area contributed by atoms with Gasteiger partial charge in [-0.25, -0.2) is 0 Å². The number of rotatable bonds is 1. The first-order valence-corrected chi connectivity index (χ1v) is 4.65. The number of carbonyl (C=O) groups is 1. The molecular weight excluding hydrogens is 223 g/mol. The highest BCUT2D eigenvalue weighted by atomic mass is 35.5. The second-order valence-electron chi connectivity index (χ2n) is 3.05. The number of halogens is 2. The molecule has 0 aliphatic carbocycles. The summed E-state index contributed by atoms with van der Waals surface area (Å²) < 4.78 is 0. The number of anilines is 1. The summed E-state index contributed by atoms with van der Waals surface area (Å²) in [7, 11) is 3.28. The van der Waals surface area contributed by atoms with E-state index < -0.39 is 0 Å². The van der Waals surface area contributed by atoms with Crippen LogP contribution < -0.4 is 5.73 Å². The molecule has 0 spiro atoms. The van der Waals surface area contributed by atoms with E-state index in [0.29, 0.717) is 21.3 Å². The number of amides is 1. The number of nitrogens with zero attached hydrogens (tertiary/aromatic N) is 1. The molecule has 0 saturated heterocycles. The van der Waals surface area contributed by atoms with Gasteiger partial charge in [-0.2, -0.15) is 0 Å². The van der Waals surface area contributed by atoms with Gasteiger partial charge in [-0.1, -0.05) is 23.2 Å². The molecule has 0 unspecified atom stereocenters. The van der Waals surface area contributed by atoms with Gasteiger partial charge in [-0.15, -0.1) is 0 Å². The van der Waals surface area contributed by atoms with Crippen molar-refractivity contribution < 1.29 is 4.79 Å². The SMILES string of the molecule is CN(C)C(=O)c1cc(Cl)c(N)cc1Cl. The van der Waals surface area contributed by atoms with Crippen LogP contribution in [0, 0.1) is 0 Å². The molecule has 0 bridgehead atoms. The van der Waals surface area contributed by atoms with Gasteiger partial charge in [0.25, 0.3) is 5.91 Å². The van der Waals surface area contributed by atoms with E-state index in [-0.39, 0.29) is 5.91 Å². The molecule has 5 heteroatoms. The van der Waals surface area contributed by atoms with Crippen molar-refractivity contribution >= 4 is 34.8 Å². The maximum absolute atomic E-state index is 11.6. The van der Waals surface area contributed by atoms with Crippen molar-refractivity contribution in [2.75, 3.05) is 19.8 Å². The summed E-state index contributed by atoms with van der Waals surface area (Å²) in [5, 5.41) is 0.644. The zero-order chi connectivity index (χ0) is 10.9. The number of nitrogens with two attached hydrogens (primary N) is 1. The van der Waals surface area contributed by atoms with Crippen LogP contribution in [0.1, 0.15) is 10.4 Å². The normalized spacial score (nSPS) is 10.0. The molecule has 0 aliphatic heterocycles. The number of hydrogen-bond donors (Lipinski definition) is 1. The number of hydrogen-bond acceptors (Lipinski definition) is 2. The lowest BCUT2D eigenvalue weighted by molar-refractivity contribution is 0.0828. The van der Waals surface area contributed by atoms with Crippen molar-refractivity contribution in [2.45, 2.75) is 0 Å². The van der Waals surface area contributed by atoms with Gasteiger partial charge in [0.15, 0.2) is 0 Å². The first-order valence-electron chi connectivity index (χ1n) is 3.89. The van der Waals surface area contributed by atoms with Gasteiger partial charge in [0.05, 0.1) is 21.3 Å². The van der Waals surface area contributed by atoms with Crippen LogP contribution in [-0.4, -0.2) is 24.9 Å². The fraction of sp³-hybridized carbons (Fsp3) is 0.222. The zero-order valence-corrected chi connectivity index (χ0v) is 9.36. The smallest absolute Gasteiger partial charge is 0.254 e. The van der Waals surface area contributed by atoms with E-state index in [0.717, 1.165) is 0 Å². The third-order valence-corrected chi connectivity index (χ3v) is 2.36. The molecule has 1 aromatic carbocycles. The standard InChI is InChI=1S/C9H10Cl2N2O/c1-13(2)9(14)5-3-7(11)8(12)4-6(5)10/h3-4H,12H2,1-2H3. The third-order valence-electron chi connectivity index (χ3n) is 1.72. The van der Waals surface area contributed by atoms with Crippen LogP contribution in [0.2, 0.25) is 10.0 Å². The predicted molar refractivity (Wildman–Crippen MR) is 58.9 cm³/mol. The van der Waals surface area contributed by atoms with Crippen molar-refractivity contribution in [1.82, 2.24) is 4.90 Å². The monoisotopic (exact) mass is 232 g/mol. The average molecular weight is 233 g/mol. The molecular formula is C9H10Cl2N2O. The first-order chi connectivity index (χ1) is 6.43. The molecule has 0 aliphatic rings. The van der Waals surface area contributed by atoms with Gasteiger partial charge in [0.1, 0.15) is 0 Å². The molecule has 0 aromatic heterocycles. The van der Waals surface area contributed by atoms with Crippen molar-refractivity contribution in [3.63, 3.8) is 0 Å². The van der Waals surface area contributed by atoms with Crippen LogP contribution in [0.15, 0.2) is 12.1 Å². The summed E-state index contributed by atoms with van der Waals surface area (Å²) in [6, 6.07) is 2.95. The summed E-state index contributed by atoms with van der Waals surface area (Å²) in [4.78, 5) is 13.0. The van der Waals surface area contributed by atoms with E-state index in [2.05, 4.69) is 0 Å². The summed E-state index contributed by atoms with van der Waals surface area (Å²) in [6.07, 6.45) is 0. The second-order valence-corrected chi connectivity index (χ2v) is 3.87. The van der Waals surface area contributed by atoms with E-state index in [9.17, 15) is 4.79 Å². The molecule has 1 rings (SSSR count). The van der Waals surface area contributed by atoms with Gasteiger partial charge in [0.2, 0.25) is 0 Å².